The Balaban J connectivity index is 2.09. The van der Waals surface area contributed by atoms with E-state index in [4.69, 9.17) is 0 Å². The number of nitrogens with one attached hydrogen (secondary N) is 1. The summed E-state index contributed by atoms with van der Waals surface area (Å²) in [5.74, 6) is 0. The van der Waals surface area contributed by atoms with E-state index in [0.717, 1.165) is 10.4 Å². The van der Waals surface area contributed by atoms with Crippen LogP contribution in [0.15, 0.2) is 40.9 Å². The van der Waals surface area contributed by atoms with E-state index in [-0.39, 0.29) is 11.4 Å². The number of rotatable bonds is 5. The molecule has 0 atom stereocenters. The minimum absolute atomic E-state index is 0.271. The lowest BCUT2D eigenvalue weighted by molar-refractivity contribution is 0.582. The smallest absolute Gasteiger partial charge is 0.240 e. The second kappa shape index (κ2) is 5.92. The standard InChI is InChI=1S/C11H11BrN2O2S2/c12-5-9-1-3-11(4-2-9)18(15,16)14-7-10-6-13-8-17-10/h1-4,6,8,14H,5,7H2. The van der Waals surface area contributed by atoms with Gasteiger partial charge in [-0.05, 0) is 17.7 Å². The summed E-state index contributed by atoms with van der Waals surface area (Å²) in [6.07, 6.45) is 1.65. The van der Waals surface area contributed by atoms with Gasteiger partial charge in [-0.2, -0.15) is 0 Å². The zero-order valence-corrected chi connectivity index (χ0v) is 12.6. The first-order valence-electron chi connectivity index (χ1n) is 5.14. The van der Waals surface area contributed by atoms with Crippen molar-refractivity contribution in [2.45, 2.75) is 16.8 Å². The fraction of sp³-hybridized carbons (Fsp3) is 0.182. The van der Waals surface area contributed by atoms with Crippen LogP contribution in [0, 0.1) is 0 Å². The normalized spacial score (nSPS) is 11.6. The molecule has 0 unspecified atom stereocenters. The number of hydrogen-bond donors (Lipinski definition) is 1. The molecule has 0 saturated heterocycles. The number of halogens is 1. The molecule has 1 aromatic carbocycles. The quantitative estimate of drug-likeness (QED) is 0.846. The van der Waals surface area contributed by atoms with E-state index in [0.29, 0.717) is 5.33 Å². The number of sulfonamides is 1. The number of thiazole rings is 1. The van der Waals surface area contributed by atoms with E-state index in [1.54, 1.807) is 36.0 Å². The van der Waals surface area contributed by atoms with E-state index in [1.807, 2.05) is 0 Å². The molecule has 0 radical (unpaired) electrons. The van der Waals surface area contributed by atoms with Gasteiger partial charge in [-0.3, -0.25) is 4.98 Å². The highest BCUT2D eigenvalue weighted by molar-refractivity contribution is 9.08. The Morgan fingerprint density at radius 2 is 2.00 bits per heavy atom. The van der Waals surface area contributed by atoms with Gasteiger partial charge < -0.3 is 0 Å². The van der Waals surface area contributed by atoms with Crippen molar-refractivity contribution in [2.75, 3.05) is 0 Å². The Labute approximate surface area is 118 Å². The van der Waals surface area contributed by atoms with Crippen molar-refractivity contribution in [2.24, 2.45) is 0 Å². The molecule has 1 aromatic heterocycles. The highest BCUT2D eigenvalue weighted by Gasteiger charge is 2.13. The third-order valence-corrected chi connectivity index (χ3v) is 5.15. The van der Waals surface area contributed by atoms with Crippen LogP contribution in [0.4, 0.5) is 0 Å². The summed E-state index contributed by atoms with van der Waals surface area (Å²) >= 11 is 4.74. The Kier molecular flexibility index (Phi) is 4.50. The van der Waals surface area contributed by atoms with E-state index >= 15 is 0 Å². The summed E-state index contributed by atoms with van der Waals surface area (Å²) in [7, 11) is -3.45. The first kappa shape index (κ1) is 13.7. The van der Waals surface area contributed by atoms with Crippen LogP contribution >= 0.6 is 27.3 Å². The minimum atomic E-state index is -3.45. The van der Waals surface area contributed by atoms with Crippen molar-refractivity contribution >= 4 is 37.3 Å². The van der Waals surface area contributed by atoms with Gasteiger partial charge in [-0.15, -0.1) is 11.3 Å². The fourth-order valence-electron chi connectivity index (χ4n) is 1.34. The van der Waals surface area contributed by atoms with Crippen LogP contribution in [0.5, 0.6) is 0 Å². The molecular formula is C11H11BrN2O2S2. The summed E-state index contributed by atoms with van der Waals surface area (Å²) in [5, 5.41) is 0.710. The van der Waals surface area contributed by atoms with Crippen molar-refractivity contribution < 1.29 is 8.42 Å². The van der Waals surface area contributed by atoms with Gasteiger partial charge >= 0.3 is 0 Å². The second-order valence-electron chi connectivity index (χ2n) is 3.57. The molecule has 0 saturated carbocycles. The molecule has 1 heterocycles. The molecule has 0 spiro atoms. The van der Waals surface area contributed by atoms with Gasteiger partial charge in [0.1, 0.15) is 0 Å². The van der Waals surface area contributed by atoms with Crippen molar-refractivity contribution in [3.05, 3.63) is 46.4 Å². The van der Waals surface area contributed by atoms with Gasteiger partial charge in [0.05, 0.1) is 10.4 Å². The predicted octanol–water partition coefficient (Wildman–Crippen LogP) is 2.52. The maximum Gasteiger partial charge on any atom is 0.240 e. The molecule has 4 nitrogen and oxygen atoms in total. The number of benzene rings is 1. The summed E-state index contributed by atoms with van der Waals surface area (Å²) in [6.45, 7) is 0.271. The Bertz CT molecular complexity index is 594. The molecule has 0 amide bonds. The van der Waals surface area contributed by atoms with Crippen LogP contribution < -0.4 is 4.72 Å². The summed E-state index contributed by atoms with van der Waals surface area (Å²) in [5.41, 5.74) is 2.71. The lowest BCUT2D eigenvalue weighted by atomic mass is 10.2. The van der Waals surface area contributed by atoms with Gasteiger partial charge in [0.2, 0.25) is 10.0 Å². The average Bonchev–Trinajstić information content (AvgIpc) is 2.90. The minimum Gasteiger partial charge on any atom is -0.253 e. The van der Waals surface area contributed by atoms with Crippen LogP contribution in [0.3, 0.4) is 0 Å². The van der Waals surface area contributed by atoms with Crippen molar-refractivity contribution in [1.82, 2.24) is 9.71 Å². The van der Waals surface area contributed by atoms with E-state index in [9.17, 15) is 8.42 Å². The monoisotopic (exact) mass is 346 g/mol. The van der Waals surface area contributed by atoms with Crippen molar-refractivity contribution in [1.29, 1.82) is 0 Å². The van der Waals surface area contributed by atoms with Gasteiger partial charge in [-0.1, -0.05) is 28.1 Å². The van der Waals surface area contributed by atoms with E-state index in [2.05, 4.69) is 25.6 Å². The predicted molar refractivity (Wildman–Crippen MR) is 75.2 cm³/mol. The summed E-state index contributed by atoms with van der Waals surface area (Å²) < 4.78 is 26.5. The van der Waals surface area contributed by atoms with Crippen molar-refractivity contribution in [3.63, 3.8) is 0 Å². The molecule has 0 aliphatic heterocycles. The van der Waals surface area contributed by atoms with Gasteiger partial charge in [-0.25, -0.2) is 13.1 Å². The van der Waals surface area contributed by atoms with Crippen LogP contribution in [-0.4, -0.2) is 13.4 Å². The van der Waals surface area contributed by atoms with E-state index < -0.39 is 10.0 Å². The molecule has 1 N–H and O–H groups in total. The highest BCUT2D eigenvalue weighted by atomic mass is 79.9. The maximum absolute atomic E-state index is 12.0. The third-order valence-electron chi connectivity index (χ3n) is 2.31. The molecule has 18 heavy (non-hydrogen) atoms. The SMILES string of the molecule is O=S(=O)(NCc1cncs1)c1ccc(CBr)cc1. The largest absolute Gasteiger partial charge is 0.253 e. The number of hydrogen-bond acceptors (Lipinski definition) is 4. The summed E-state index contributed by atoms with van der Waals surface area (Å²) in [4.78, 5) is 5.06. The molecule has 0 aliphatic carbocycles. The molecule has 96 valence electrons. The average molecular weight is 347 g/mol. The van der Waals surface area contributed by atoms with E-state index in [1.165, 1.54) is 11.3 Å². The zero-order valence-electron chi connectivity index (χ0n) is 9.34. The highest BCUT2D eigenvalue weighted by Crippen LogP contribution is 2.13. The molecule has 0 fully saturated rings. The third kappa shape index (κ3) is 3.38. The summed E-state index contributed by atoms with van der Waals surface area (Å²) in [6, 6.07) is 6.78. The van der Waals surface area contributed by atoms with Gasteiger partial charge in [0.15, 0.2) is 0 Å². The van der Waals surface area contributed by atoms with Gasteiger partial charge in [0, 0.05) is 22.9 Å². The van der Waals surface area contributed by atoms with Crippen LogP contribution in [-0.2, 0) is 21.9 Å². The lowest BCUT2D eigenvalue weighted by Gasteiger charge is -2.05. The maximum atomic E-state index is 12.0. The molecule has 7 heteroatoms. The van der Waals surface area contributed by atoms with Gasteiger partial charge in [0.25, 0.3) is 0 Å². The topological polar surface area (TPSA) is 59.1 Å². The molecular weight excluding hydrogens is 336 g/mol. The number of nitrogens with zero attached hydrogens (tertiary/aromatic N) is 1. The van der Waals surface area contributed by atoms with Crippen LogP contribution in [0.25, 0.3) is 0 Å². The Hall–Kier alpha value is -0.760. The first-order valence-corrected chi connectivity index (χ1v) is 8.62. The Morgan fingerprint density at radius 1 is 1.28 bits per heavy atom. The number of alkyl halides is 1. The van der Waals surface area contributed by atoms with Crippen LogP contribution in [0.2, 0.25) is 0 Å². The first-order chi connectivity index (χ1) is 8.62. The molecule has 0 bridgehead atoms. The second-order valence-corrected chi connectivity index (χ2v) is 6.87. The lowest BCUT2D eigenvalue weighted by Crippen LogP contribution is -2.22. The Morgan fingerprint density at radius 3 is 2.56 bits per heavy atom. The zero-order chi connectivity index (χ0) is 13.0. The molecule has 2 rings (SSSR count). The number of aromatic nitrogens is 1. The molecule has 0 aliphatic rings. The molecule has 2 aromatic rings. The fourth-order valence-corrected chi connectivity index (χ4v) is 3.34. The van der Waals surface area contributed by atoms with Crippen LogP contribution in [0.1, 0.15) is 10.4 Å². The van der Waals surface area contributed by atoms with Crippen molar-refractivity contribution in [3.8, 4) is 0 Å².